The predicted octanol–water partition coefficient (Wildman–Crippen LogP) is 4.11. The minimum Gasteiger partial charge on any atom is -0.364 e. The molecule has 1 aromatic carbocycles. The first kappa shape index (κ1) is 15.0. The van der Waals surface area contributed by atoms with Crippen molar-refractivity contribution in [1.82, 2.24) is 0 Å². The Balaban J connectivity index is 3.24. The summed E-state index contributed by atoms with van der Waals surface area (Å²) in [5.74, 6) is 0. The van der Waals surface area contributed by atoms with E-state index < -0.39 is 0 Å². The van der Waals surface area contributed by atoms with Crippen molar-refractivity contribution in [3.05, 3.63) is 33.9 Å². The maximum atomic E-state index is 11.2. The van der Waals surface area contributed by atoms with E-state index in [4.69, 9.17) is 0 Å². The Hall–Kier alpha value is -1.10. The first-order chi connectivity index (χ1) is 8.51. The molecule has 0 aliphatic carbocycles. The second-order valence-corrected chi connectivity index (χ2v) is 5.06. The maximum Gasteiger partial charge on any atom is 0.292 e. The van der Waals surface area contributed by atoms with Crippen molar-refractivity contribution in [2.75, 3.05) is 11.4 Å². The van der Waals surface area contributed by atoms with Crippen molar-refractivity contribution in [1.29, 1.82) is 0 Å². The van der Waals surface area contributed by atoms with Gasteiger partial charge in [0.2, 0.25) is 0 Å². The van der Waals surface area contributed by atoms with Crippen LogP contribution >= 0.6 is 15.9 Å². The van der Waals surface area contributed by atoms with Gasteiger partial charge in [-0.3, -0.25) is 10.1 Å². The number of hydrogen-bond donors (Lipinski definition) is 0. The number of hydrogen-bond acceptors (Lipinski definition) is 3. The standard InChI is InChI=1S/C13H19BrN2O2/c1-4-7-15(10(2)3)12-6-5-11(9-14)8-13(12)16(17)18/h5-6,8,10H,4,7,9H2,1-3H3. The van der Waals surface area contributed by atoms with Gasteiger partial charge < -0.3 is 4.90 Å². The topological polar surface area (TPSA) is 46.4 Å². The van der Waals surface area contributed by atoms with Crippen molar-refractivity contribution >= 4 is 27.3 Å². The zero-order chi connectivity index (χ0) is 13.7. The molecule has 0 atom stereocenters. The van der Waals surface area contributed by atoms with Gasteiger partial charge in [-0.2, -0.15) is 0 Å². The highest BCUT2D eigenvalue weighted by molar-refractivity contribution is 9.08. The van der Waals surface area contributed by atoms with Crippen molar-refractivity contribution in [3.63, 3.8) is 0 Å². The SMILES string of the molecule is CCCN(c1ccc(CBr)cc1[N+](=O)[O-])C(C)C. The molecule has 0 heterocycles. The Labute approximate surface area is 116 Å². The fraction of sp³-hybridized carbons (Fsp3) is 0.538. The third-order valence-electron chi connectivity index (χ3n) is 2.79. The maximum absolute atomic E-state index is 11.2. The zero-order valence-corrected chi connectivity index (χ0v) is 12.6. The third-order valence-corrected chi connectivity index (χ3v) is 3.44. The van der Waals surface area contributed by atoms with Crippen LogP contribution in [-0.2, 0) is 5.33 Å². The quantitative estimate of drug-likeness (QED) is 0.451. The summed E-state index contributed by atoms with van der Waals surface area (Å²) in [7, 11) is 0. The number of halogens is 1. The highest BCUT2D eigenvalue weighted by atomic mass is 79.9. The van der Waals surface area contributed by atoms with Crippen LogP contribution < -0.4 is 4.90 Å². The molecular weight excluding hydrogens is 296 g/mol. The summed E-state index contributed by atoms with van der Waals surface area (Å²) in [6.45, 7) is 7.01. The van der Waals surface area contributed by atoms with E-state index in [1.165, 1.54) is 0 Å². The summed E-state index contributed by atoms with van der Waals surface area (Å²) >= 11 is 3.33. The summed E-state index contributed by atoms with van der Waals surface area (Å²) in [4.78, 5) is 13.0. The monoisotopic (exact) mass is 314 g/mol. The second kappa shape index (κ2) is 6.73. The van der Waals surface area contributed by atoms with Gasteiger partial charge in [0, 0.05) is 24.0 Å². The zero-order valence-electron chi connectivity index (χ0n) is 11.0. The summed E-state index contributed by atoms with van der Waals surface area (Å²) in [6, 6.07) is 5.68. The Morgan fingerprint density at radius 2 is 2.11 bits per heavy atom. The highest BCUT2D eigenvalue weighted by Gasteiger charge is 2.21. The molecule has 0 aromatic heterocycles. The van der Waals surface area contributed by atoms with Crippen LogP contribution in [0.25, 0.3) is 0 Å². The van der Waals surface area contributed by atoms with Crippen LogP contribution in [0, 0.1) is 10.1 Å². The van der Waals surface area contributed by atoms with Gasteiger partial charge in [-0.05, 0) is 31.9 Å². The van der Waals surface area contributed by atoms with Gasteiger partial charge in [-0.25, -0.2) is 0 Å². The molecule has 0 saturated carbocycles. The van der Waals surface area contributed by atoms with Gasteiger partial charge >= 0.3 is 0 Å². The van der Waals surface area contributed by atoms with Crippen LogP contribution in [0.1, 0.15) is 32.8 Å². The van der Waals surface area contributed by atoms with E-state index in [9.17, 15) is 10.1 Å². The molecule has 1 aromatic rings. The predicted molar refractivity (Wildman–Crippen MR) is 78.5 cm³/mol. The molecule has 0 N–H and O–H groups in total. The highest BCUT2D eigenvalue weighted by Crippen LogP contribution is 2.31. The van der Waals surface area contributed by atoms with E-state index in [0.29, 0.717) is 11.0 Å². The van der Waals surface area contributed by atoms with E-state index in [2.05, 4.69) is 41.6 Å². The van der Waals surface area contributed by atoms with Crippen molar-refractivity contribution < 1.29 is 4.92 Å². The Morgan fingerprint density at radius 1 is 1.44 bits per heavy atom. The summed E-state index contributed by atoms with van der Waals surface area (Å²) in [5, 5.41) is 11.8. The number of anilines is 1. The molecule has 0 bridgehead atoms. The minimum atomic E-state index is -0.299. The normalized spacial score (nSPS) is 10.7. The molecule has 0 amide bonds. The fourth-order valence-electron chi connectivity index (χ4n) is 1.94. The molecule has 1 rings (SSSR count). The second-order valence-electron chi connectivity index (χ2n) is 4.50. The largest absolute Gasteiger partial charge is 0.364 e. The number of alkyl halides is 1. The van der Waals surface area contributed by atoms with Crippen LogP contribution in [0.15, 0.2) is 18.2 Å². The molecule has 18 heavy (non-hydrogen) atoms. The molecule has 100 valence electrons. The molecule has 0 unspecified atom stereocenters. The van der Waals surface area contributed by atoms with Gasteiger partial charge in [0.25, 0.3) is 5.69 Å². The Kier molecular flexibility index (Phi) is 5.59. The lowest BCUT2D eigenvalue weighted by Crippen LogP contribution is -2.32. The summed E-state index contributed by atoms with van der Waals surface area (Å²) in [5.41, 5.74) is 1.82. The van der Waals surface area contributed by atoms with Gasteiger partial charge in [0.05, 0.1) is 4.92 Å². The fourth-order valence-corrected chi connectivity index (χ4v) is 2.29. The number of nitro groups is 1. The van der Waals surface area contributed by atoms with Gasteiger partial charge in [0.1, 0.15) is 5.69 Å². The molecular formula is C13H19BrN2O2. The minimum absolute atomic E-state index is 0.189. The van der Waals surface area contributed by atoms with E-state index >= 15 is 0 Å². The van der Waals surface area contributed by atoms with Crippen LogP contribution in [0.2, 0.25) is 0 Å². The van der Waals surface area contributed by atoms with Crippen LogP contribution in [0.4, 0.5) is 11.4 Å². The van der Waals surface area contributed by atoms with E-state index in [1.807, 2.05) is 12.1 Å². The molecule has 5 heteroatoms. The lowest BCUT2D eigenvalue weighted by atomic mass is 10.1. The van der Waals surface area contributed by atoms with Crippen LogP contribution in [-0.4, -0.2) is 17.5 Å². The van der Waals surface area contributed by atoms with Crippen LogP contribution in [0.3, 0.4) is 0 Å². The van der Waals surface area contributed by atoms with Gasteiger partial charge in [-0.1, -0.05) is 28.9 Å². The number of nitro benzene ring substituents is 1. The summed E-state index contributed by atoms with van der Waals surface area (Å²) in [6.07, 6.45) is 0.968. The van der Waals surface area contributed by atoms with Crippen molar-refractivity contribution in [2.45, 2.75) is 38.6 Å². The smallest absolute Gasteiger partial charge is 0.292 e. The molecule has 0 spiro atoms. The number of rotatable bonds is 6. The van der Waals surface area contributed by atoms with Gasteiger partial charge in [0.15, 0.2) is 0 Å². The lowest BCUT2D eigenvalue weighted by molar-refractivity contribution is -0.384. The van der Waals surface area contributed by atoms with Gasteiger partial charge in [-0.15, -0.1) is 0 Å². The number of nitrogens with zero attached hydrogens (tertiary/aromatic N) is 2. The molecule has 0 aliphatic heterocycles. The molecule has 0 aliphatic rings. The van der Waals surface area contributed by atoms with E-state index in [-0.39, 0.29) is 16.7 Å². The third kappa shape index (κ3) is 3.45. The average Bonchev–Trinajstić information content (AvgIpc) is 2.34. The molecule has 0 radical (unpaired) electrons. The molecule has 0 fully saturated rings. The molecule has 4 nitrogen and oxygen atoms in total. The van der Waals surface area contributed by atoms with Crippen LogP contribution in [0.5, 0.6) is 0 Å². The first-order valence-corrected chi connectivity index (χ1v) is 7.23. The van der Waals surface area contributed by atoms with E-state index in [1.54, 1.807) is 6.07 Å². The average molecular weight is 315 g/mol. The Morgan fingerprint density at radius 3 is 2.56 bits per heavy atom. The van der Waals surface area contributed by atoms with E-state index in [0.717, 1.165) is 18.5 Å². The first-order valence-electron chi connectivity index (χ1n) is 6.11. The summed E-state index contributed by atoms with van der Waals surface area (Å²) < 4.78 is 0. The number of benzene rings is 1. The van der Waals surface area contributed by atoms with Crippen molar-refractivity contribution in [2.24, 2.45) is 0 Å². The molecule has 0 saturated heterocycles. The lowest BCUT2D eigenvalue weighted by Gasteiger charge is -2.28. The Bertz CT molecular complexity index is 421. The van der Waals surface area contributed by atoms with Crippen molar-refractivity contribution in [3.8, 4) is 0 Å².